The summed E-state index contributed by atoms with van der Waals surface area (Å²) in [6.07, 6.45) is 0.670. The summed E-state index contributed by atoms with van der Waals surface area (Å²) in [7, 11) is 0. The van der Waals surface area contributed by atoms with Crippen LogP contribution in [0.1, 0.15) is 30.1 Å². The molecule has 1 aromatic heterocycles. The van der Waals surface area contributed by atoms with Crippen LogP contribution in [0.15, 0.2) is 4.99 Å². The van der Waals surface area contributed by atoms with Crippen molar-refractivity contribution in [2.24, 2.45) is 4.99 Å². The van der Waals surface area contributed by atoms with E-state index in [2.05, 4.69) is 21.9 Å². The molecule has 0 radical (unpaired) electrons. The van der Waals surface area contributed by atoms with Crippen LogP contribution in [0.4, 0.5) is 5.13 Å². The van der Waals surface area contributed by atoms with E-state index in [-0.39, 0.29) is 11.1 Å². The van der Waals surface area contributed by atoms with Crippen molar-refractivity contribution in [3.63, 3.8) is 0 Å². The van der Waals surface area contributed by atoms with Gasteiger partial charge in [-0.15, -0.1) is 10.2 Å². The van der Waals surface area contributed by atoms with Crippen LogP contribution in [0, 0.1) is 0 Å². The van der Waals surface area contributed by atoms with E-state index in [0.29, 0.717) is 5.13 Å². The third-order valence-electron chi connectivity index (χ3n) is 1.61. The Morgan fingerprint density at radius 1 is 1.71 bits per heavy atom. The van der Waals surface area contributed by atoms with Crippen LogP contribution in [-0.4, -0.2) is 29.0 Å². The number of aromatic nitrogens is 2. The Morgan fingerprint density at radius 2 is 2.43 bits per heavy atom. The van der Waals surface area contributed by atoms with Crippen LogP contribution >= 0.6 is 11.3 Å². The number of carbonyl (C=O) groups is 1. The van der Waals surface area contributed by atoms with E-state index in [0.717, 1.165) is 17.8 Å². The molecule has 14 heavy (non-hydrogen) atoms. The Kier molecular flexibility index (Phi) is 3.70. The fourth-order valence-corrected chi connectivity index (χ4v) is 1.21. The van der Waals surface area contributed by atoms with Gasteiger partial charge in [0.1, 0.15) is 0 Å². The van der Waals surface area contributed by atoms with Crippen LogP contribution in [0.5, 0.6) is 0 Å². The van der Waals surface area contributed by atoms with E-state index in [9.17, 15) is 4.79 Å². The largest absolute Gasteiger partial charge is 0.457 e. The molecule has 5 nitrogen and oxygen atoms in total. The number of hydrogen-bond donors (Lipinski definition) is 0. The van der Waals surface area contributed by atoms with Gasteiger partial charge in [-0.25, -0.2) is 9.79 Å². The molecule has 6 heteroatoms. The number of aliphatic imine (C=N–C) groups is 1. The highest BCUT2D eigenvalue weighted by molar-refractivity contribution is 7.16. The molecule has 0 aliphatic heterocycles. The average Bonchev–Trinajstić information content (AvgIpc) is 2.65. The lowest BCUT2D eigenvalue weighted by Gasteiger charge is -2.07. The molecule has 1 heterocycles. The van der Waals surface area contributed by atoms with Gasteiger partial charge in [0.2, 0.25) is 10.1 Å². The van der Waals surface area contributed by atoms with Crippen molar-refractivity contribution in [2.75, 3.05) is 0 Å². The quantitative estimate of drug-likeness (QED) is 0.565. The van der Waals surface area contributed by atoms with Crippen molar-refractivity contribution in [3.8, 4) is 0 Å². The van der Waals surface area contributed by atoms with E-state index >= 15 is 0 Å². The summed E-state index contributed by atoms with van der Waals surface area (Å²) < 4.78 is 5.05. The number of hydrogen-bond acceptors (Lipinski definition) is 6. The van der Waals surface area contributed by atoms with Crippen LogP contribution in [0.3, 0.4) is 0 Å². The zero-order valence-corrected chi connectivity index (χ0v) is 8.87. The lowest BCUT2D eigenvalue weighted by molar-refractivity contribution is 0.0333. The number of rotatable bonds is 4. The molecule has 1 aromatic rings. The fourth-order valence-electron chi connectivity index (χ4n) is 0.678. The molecule has 0 fully saturated rings. The van der Waals surface area contributed by atoms with E-state index in [1.165, 1.54) is 0 Å². The number of carbonyl (C=O) groups excluding carboxylic acids is 1. The van der Waals surface area contributed by atoms with Crippen LogP contribution < -0.4 is 0 Å². The molecule has 0 bridgehead atoms. The topological polar surface area (TPSA) is 64.4 Å². The van der Waals surface area contributed by atoms with Gasteiger partial charge in [0, 0.05) is 0 Å². The molecule has 0 aromatic carbocycles. The SMILES string of the molecule is C=Nc1nnc(C(=O)OC(C)CC)s1. The van der Waals surface area contributed by atoms with Gasteiger partial charge >= 0.3 is 5.97 Å². The second-order valence-corrected chi connectivity index (χ2v) is 3.63. The van der Waals surface area contributed by atoms with Crippen molar-refractivity contribution >= 4 is 29.2 Å². The summed E-state index contributed by atoms with van der Waals surface area (Å²) in [6, 6.07) is 0. The smallest absolute Gasteiger partial charge is 0.369 e. The Hall–Kier alpha value is -1.30. The summed E-state index contributed by atoms with van der Waals surface area (Å²) >= 11 is 1.07. The maximum absolute atomic E-state index is 11.4. The summed E-state index contributed by atoms with van der Waals surface area (Å²) in [5, 5.41) is 7.85. The Morgan fingerprint density at radius 3 is 2.93 bits per heavy atom. The monoisotopic (exact) mass is 213 g/mol. The Bertz CT molecular complexity index is 337. The van der Waals surface area contributed by atoms with E-state index in [1.54, 1.807) is 0 Å². The van der Waals surface area contributed by atoms with Gasteiger partial charge < -0.3 is 4.74 Å². The summed E-state index contributed by atoms with van der Waals surface area (Å²) in [5.41, 5.74) is 0. The highest BCUT2D eigenvalue weighted by Crippen LogP contribution is 2.18. The molecule has 0 saturated heterocycles. The van der Waals surface area contributed by atoms with Crippen LogP contribution in [0.2, 0.25) is 0 Å². The first-order valence-electron chi connectivity index (χ1n) is 4.18. The molecular weight excluding hydrogens is 202 g/mol. The first-order chi connectivity index (χ1) is 6.67. The van der Waals surface area contributed by atoms with E-state index in [1.807, 2.05) is 13.8 Å². The van der Waals surface area contributed by atoms with Gasteiger partial charge in [0.05, 0.1) is 6.10 Å². The van der Waals surface area contributed by atoms with Gasteiger partial charge in [-0.05, 0) is 20.1 Å². The molecule has 76 valence electrons. The lowest BCUT2D eigenvalue weighted by Crippen LogP contribution is -2.13. The lowest BCUT2D eigenvalue weighted by atomic mass is 10.3. The Balaban J connectivity index is 2.64. The predicted octanol–water partition coefficient (Wildman–Crippen LogP) is 1.83. The highest BCUT2D eigenvalue weighted by Gasteiger charge is 2.15. The van der Waals surface area contributed by atoms with Crippen molar-refractivity contribution in [2.45, 2.75) is 26.4 Å². The molecule has 0 aliphatic rings. The molecule has 1 unspecified atom stereocenters. The first-order valence-corrected chi connectivity index (χ1v) is 5.00. The maximum atomic E-state index is 11.4. The summed E-state index contributed by atoms with van der Waals surface area (Å²) in [5.74, 6) is -0.452. The van der Waals surface area contributed by atoms with E-state index < -0.39 is 5.97 Å². The molecule has 0 amide bonds. The molecule has 0 spiro atoms. The van der Waals surface area contributed by atoms with Gasteiger partial charge in [0.25, 0.3) is 0 Å². The minimum Gasteiger partial charge on any atom is -0.457 e. The fraction of sp³-hybridized carbons (Fsp3) is 0.500. The Labute approximate surface area is 85.8 Å². The molecule has 0 N–H and O–H groups in total. The summed E-state index contributed by atoms with van der Waals surface area (Å²) in [4.78, 5) is 14.9. The normalized spacial score (nSPS) is 12.1. The van der Waals surface area contributed by atoms with Gasteiger partial charge in [-0.2, -0.15) is 0 Å². The molecule has 0 saturated carbocycles. The second-order valence-electron chi connectivity index (χ2n) is 2.67. The highest BCUT2D eigenvalue weighted by atomic mass is 32.1. The van der Waals surface area contributed by atoms with E-state index in [4.69, 9.17) is 4.74 Å². The van der Waals surface area contributed by atoms with Crippen molar-refractivity contribution in [3.05, 3.63) is 5.01 Å². The summed E-state index contributed by atoms with van der Waals surface area (Å²) in [6.45, 7) is 7.05. The standard InChI is InChI=1S/C8H11N3O2S/c1-4-5(2)13-7(12)6-10-11-8(9-3)14-6/h5H,3-4H2,1-2H3. The van der Waals surface area contributed by atoms with Gasteiger partial charge in [-0.3, -0.25) is 0 Å². The molecule has 1 atom stereocenters. The maximum Gasteiger partial charge on any atom is 0.369 e. The second kappa shape index (κ2) is 4.80. The molecular formula is C8H11N3O2S. The van der Waals surface area contributed by atoms with Crippen LogP contribution in [-0.2, 0) is 4.74 Å². The number of esters is 1. The minimum absolute atomic E-state index is 0.105. The van der Waals surface area contributed by atoms with Crippen molar-refractivity contribution in [1.29, 1.82) is 0 Å². The zero-order chi connectivity index (χ0) is 10.6. The zero-order valence-electron chi connectivity index (χ0n) is 8.06. The third kappa shape index (κ3) is 2.59. The number of nitrogens with zero attached hydrogens (tertiary/aromatic N) is 3. The van der Waals surface area contributed by atoms with Gasteiger partial charge in [0.15, 0.2) is 0 Å². The predicted molar refractivity (Wildman–Crippen MR) is 54.3 cm³/mol. The third-order valence-corrected chi connectivity index (χ3v) is 2.44. The average molecular weight is 213 g/mol. The van der Waals surface area contributed by atoms with Crippen molar-refractivity contribution in [1.82, 2.24) is 10.2 Å². The minimum atomic E-state index is -0.452. The van der Waals surface area contributed by atoms with Crippen molar-refractivity contribution < 1.29 is 9.53 Å². The van der Waals surface area contributed by atoms with Crippen LogP contribution in [0.25, 0.3) is 0 Å². The first kappa shape index (κ1) is 10.8. The molecule has 0 aliphatic carbocycles. The number of ether oxygens (including phenoxy) is 1. The van der Waals surface area contributed by atoms with Gasteiger partial charge in [-0.1, -0.05) is 18.3 Å². The molecule has 1 rings (SSSR count).